The Balaban J connectivity index is 0.968. The van der Waals surface area contributed by atoms with Gasteiger partial charge in [0.15, 0.2) is 29.6 Å². The van der Waals surface area contributed by atoms with Crippen molar-refractivity contribution in [3.8, 4) is 40.2 Å². The van der Waals surface area contributed by atoms with Crippen LogP contribution in [0.3, 0.4) is 0 Å². The molecular formula is C60H77N3O17. The lowest BCUT2D eigenvalue weighted by Crippen LogP contribution is -2.50. The predicted octanol–water partition coefficient (Wildman–Crippen LogP) is 8.30. The average Bonchev–Trinajstić information content (AvgIpc) is 3.51. The lowest BCUT2D eigenvalue weighted by Gasteiger charge is -2.37. The first-order valence-corrected chi connectivity index (χ1v) is 27.0. The first-order valence-electron chi connectivity index (χ1n) is 27.0. The average molecular weight is 1110 g/mol. The van der Waals surface area contributed by atoms with Crippen molar-refractivity contribution in [3.05, 3.63) is 101 Å². The molecule has 0 spiro atoms. The van der Waals surface area contributed by atoms with Gasteiger partial charge >= 0.3 is 12.1 Å². The zero-order chi connectivity index (χ0) is 57.8. The van der Waals surface area contributed by atoms with Gasteiger partial charge in [0.2, 0.25) is 23.5 Å². The molecule has 6 rings (SSSR count). The molecule has 2 saturated heterocycles. The fraction of sp³-hybridized carbons (Fsp3) is 0.500. The van der Waals surface area contributed by atoms with Gasteiger partial charge < -0.3 is 62.3 Å². The van der Waals surface area contributed by atoms with E-state index in [9.17, 15) is 28.8 Å². The van der Waals surface area contributed by atoms with Crippen LogP contribution in [0.4, 0.5) is 4.79 Å². The predicted molar refractivity (Wildman–Crippen MR) is 294 cm³/mol. The van der Waals surface area contributed by atoms with Crippen molar-refractivity contribution in [2.24, 2.45) is 0 Å². The molecule has 5 amide bonds. The molecule has 2 aliphatic heterocycles. The zero-order valence-corrected chi connectivity index (χ0v) is 47.5. The molecule has 0 aliphatic carbocycles. The van der Waals surface area contributed by atoms with Crippen LogP contribution in [-0.4, -0.2) is 145 Å². The van der Waals surface area contributed by atoms with Gasteiger partial charge in [-0.2, -0.15) is 4.90 Å². The number of rotatable bonds is 28. The summed E-state index contributed by atoms with van der Waals surface area (Å²) in [4.78, 5) is 82.3. The van der Waals surface area contributed by atoms with Crippen LogP contribution in [0.2, 0.25) is 0 Å². The van der Waals surface area contributed by atoms with Gasteiger partial charge in [0.25, 0.3) is 5.91 Å². The number of likely N-dealkylation sites (tertiary alicyclic amines) is 2. The summed E-state index contributed by atoms with van der Waals surface area (Å²) in [5, 5.41) is 2.79. The van der Waals surface area contributed by atoms with Gasteiger partial charge in [-0.1, -0.05) is 37.3 Å². The molecule has 2 fully saturated rings. The molecule has 2 heterocycles. The van der Waals surface area contributed by atoms with Gasteiger partial charge in [-0.3, -0.25) is 19.2 Å². The lowest BCUT2D eigenvalue weighted by atomic mass is 9.89. The summed E-state index contributed by atoms with van der Waals surface area (Å²) < 4.78 is 62.4. The molecule has 1 N–H and O–H groups in total. The highest BCUT2D eigenvalue weighted by Gasteiger charge is 2.42. The van der Waals surface area contributed by atoms with E-state index in [0.717, 1.165) is 18.4 Å². The number of hydrogen-bond acceptors (Lipinski definition) is 17. The van der Waals surface area contributed by atoms with Gasteiger partial charge in [-0.15, -0.1) is 0 Å². The summed E-state index contributed by atoms with van der Waals surface area (Å²) in [5.41, 5.74) is 2.05. The molecule has 3 unspecified atom stereocenters. The van der Waals surface area contributed by atoms with Gasteiger partial charge in [0.1, 0.15) is 35.9 Å². The standard InChI is InChI=1S/C60H77N3O17/c1-10-45(42-36-51(72-7)55(74-9)52(37-42)73-8)56(66)62-28-12-11-16-47(62)58(68)79-48(24-17-39-18-25-49(70-5)50(34-39)71-6)41-14-13-15-44(35-41)78-38-53(64)61-27-29-75-30-31-76-32-33-77-43-21-19-40(20-22-43)46-23-26-54(65)63(57(46)67)59(69)80-60(2,3)4/h13-15,18-22,25,34-37,45-48H,10-12,16-17,23-24,26-33,38H2,1-9H3,(H,61,64)/t45?,46?,47-,48?/m0/s1. The fourth-order valence-electron chi connectivity index (χ4n) is 9.54. The molecule has 4 aromatic rings. The molecule has 0 saturated carbocycles. The largest absolute Gasteiger partial charge is 0.493 e. The number of esters is 1. The van der Waals surface area contributed by atoms with E-state index in [1.807, 2.05) is 31.2 Å². The molecule has 20 heteroatoms. The van der Waals surface area contributed by atoms with Crippen LogP contribution in [0.5, 0.6) is 40.2 Å². The van der Waals surface area contributed by atoms with Crippen LogP contribution in [0.15, 0.2) is 78.9 Å². The number of aryl methyl sites for hydroxylation is 1. The van der Waals surface area contributed by atoms with Crippen LogP contribution >= 0.6 is 0 Å². The normalized spacial score (nSPS) is 16.2. The van der Waals surface area contributed by atoms with E-state index in [0.29, 0.717) is 101 Å². The summed E-state index contributed by atoms with van der Waals surface area (Å²) in [5.74, 6) is -0.153. The highest BCUT2D eigenvalue weighted by atomic mass is 16.6. The number of amides is 5. The topological polar surface area (TPSA) is 222 Å². The second kappa shape index (κ2) is 30.1. The van der Waals surface area contributed by atoms with Crippen molar-refractivity contribution in [1.82, 2.24) is 15.1 Å². The van der Waals surface area contributed by atoms with Crippen molar-refractivity contribution in [2.75, 3.05) is 88.3 Å². The number of hydrogen-bond donors (Lipinski definition) is 1. The van der Waals surface area contributed by atoms with Crippen molar-refractivity contribution < 1.29 is 80.9 Å². The van der Waals surface area contributed by atoms with Crippen LogP contribution in [0.1, 0.15) is 113 Å². The van der Waals surface area contributed by atoms with Crippen molar-refractivity contribution in [3.63, 3.8) is 0 Å². The summed E-state index contributed by atoms with van der Waals surface area (Å²) in [6, 6.07) is 22.4. The van der Waals surface area contributed by atoms with Gasteiger partial charge in [-0.05, 0) is 137 Å². The molecule has 0 aromatic heterocycles. The smallest absolute Gasteiger partial charge is 0.424 e. The minimum atomic E-state index is -0.969. The third-order valence-corrected chi connectivity index (χ3v) is 13.6. The molecule has 434 valence electrons. The molecule has 20 nitrogen and oxygen atoms in total. The summed E-state index contributed by atoms with van der Waals surface area (Å²) in [6.07, 6.45) is 1.85. The maximum atomic E-state index is 14.5. The molecule has 2 aliphatic rings. The van der Waals surface area contributed by atoms with E-state index in [1.54, 1.807) is 94.5 Å². The highest BCUT2D eigenvalue weighted by molar-refractivity contribution is 6.12. The Bertz CT molecular complexity index is 2700. The third kappa shape index (κ3) is 17.0. The quantitative estimate of drug-likeness (QED) is 0.0321. The highest BCUT2D eigenvalue weighted by Crippen LogP contribution is 2.42. The van der Waals surface area contributed by atoms with Crippen molar-refractivity contribution >= 4 is 35.7 Å². The number of carbonyl (C=O) groups excluding carboxylic acids is 6. The van der Waals surface area contributed by atoms with Crippen LogP contribution in [0.25, 0.3) is 0 Å². The Kier molecular flexibility index (Phi) is 23.2. The first kappa shape index (κ1) is 61.6. The second-order valence-corrected chi connectivity index (χ2v) is 20.1. The van der Waals surface area contributed by atoms with Crippen LogP contribution < -0.4 is 38.5 Å². The molecule has 80 heavy (non-hydrogen) atoms. The molecule has 4 aromatic carbocycles. The Morgan fingerprint density at radius 1 is 0.700 bits per heavy atom. The van der Waals surface area contributed by atoms with Gasteiger partial charge in [0, 0.05) is 19.5 Å². The summed E-state index contributed by atoms with van der Waals surface area (Å²) >= 11 is 0. The van der Waals surface area contributed by atoms with E-state index in [4.69, 9.17) is 52.1 Å². The van der Waals surface area contributed by atoms with Crippen molar-refractivity contribution in [2.45, 2.75) is 109 Å². The van der Waals surface area contributed by atoms with E-state index in [2.05, 4.69) is 5.32 Å². The van der Waals surface area contributed by atoms with E-state index >= 15 is 0 Å². The van der Waals surface area contributed by atoms with Crippen LogP contribution in [0, 0.1) is 0 Å². The maximum absolute atomic E-state index is 14.5. The Hall–Kier alpha value is -7.58. The van der Waals surface area contributed by atoms with Crippen LogP contribution in [-0.2, 0) is 49.3 Å². The number of methoxy groups -OCH3 is 5. The maximum Gasteiger partial charge on any atom is 0.424 e. The van der Waals surface area contributed by atoms with E-state index < -0.39 is 53.5 Å². The number of piperidine rings is 2. The monoisotopic (exact) mass is 1110 g/mol. The van der Waals surface area contributed by atoms with Gasteiger partial charge in [0.05, 0.1) is 73.8 Å². The minimum Gasteiger partial charge on any atom is -0.493 e. The Morgan fingerprint density at radius 3 is 2.05 bits per heavy atom. The molecule has 0 radical (unpaired) electrons. The Labute approximate surface area is 468 Å². The summed E-state index contributed by atoms with van der Waals surface area (Å²) in [6.45, 7) is 8.63. The van der Waals surface area contributed by atoms with E-state index in [1.165, 1.54) is 21.3 Å². The number of carbonyl (C=O) groups is 6. The molecule has 4 atom stereocenters. The molecular weight excluding hydrogens is 1030 g/mol. The number of nitrogens with zero attached hydrogens (tertiary/aromatic N) is 2. The molecule has 0 bridgehead atoms. The van der Waals surface area contributed by atoms with Crippen molar-refractivity contribution in [1.29, 1.82) is 0 Å². The third-order valence-electron chi connectivity index (χ3n) is 13.6. The number of ether oxygens (including phenoxy) is 11. The minimum absolute atomic E-state index is 0.0439. The second-order valence-electron chi connectivity index (χ2n) is 20.1. The first-order chi connectivity index (χ1) is 38.5. The van der Waals surface area contributed by atoms with E-state index in [-0.39, 0.29) is 64.2 Å². The number of nitrogens with one attached hydrogen (secondary N) is 1. The zero-order valence-electron chi connectivity index (χ0n) is 47.5. The lowest BCUT2D eigenvalue weighted by molar-refractivity contribution is -0.162. The SMILES string of the molecule is CCC(C(=O)N1CCCC[C@H]1C(=O)OC(CCc1ccc(OC)c(OC)c1)c1cccc(OCC(=O)NCCOCCOCCOc2ccc(C3CCC(=O)N(C(=O)OC(C)(C)C)C3=O)cc2)c1)c1cc(OC)c(OC)c(OC)c1. The summed E-state index contributed by atoms with van der Waals surface area (Å²) in [7, 11) is 7.70. The number of imide groups is 3. The number of benzene rings is 4. The fourth-order valence-corrected chi connectivity index (χ4v) is 9.54. The van der Waals surface area contributed by atoms with Gasteiger partial charge in [-0.25, -0.2) is 9.59 Å². The Morgan fingerprint density at radius 2 is 1.39 bits per heavy atom.